The summed E-state index contributed by atoms with van der Waals surface area (Å²) in [4.78, 5) is 12.5. The van der Waals surface area contributed by atoms with Crippen LogP contribution in [0.25, 0.3) is 0 Å². The number of aryl methyl sites for hydroxylation is 1. The molecule has 6 heteroatoms. The fourth-order valence-electron chi connectivity index (χ4n) is 2.41. The third kappa shape index (κ3) is 4.16. The molecule has 0 saturated carbocycles. The second-order valence-electron chi connectivity index (χ2n) is 6.39. The van der Waals surface area contributed by atoms with Gasteiger partial charge in [-0.3, -0.25) is 9.48 Å². The molecule has 0 aliphatic heterocycles. The Morgan fingerprint density at radius 3 is 2.71 bits per heavy atom. The average molecular weight is 350 g/mol. The number of aliphatic hydroxyl groups is 1. The third-order valence-corrected chi connectivity index (χ3v) is 4.20. The number of amides is 1. The minimum Gasteiger partial charge on any atom is -0.384 e. The third-order valence-electron chi connectivity index (χ3n) is 3.96. The summed E-state index contributed by atoms with van der Waals surface area (Å²) in [5.74, 6) is -0.00234. The van der Waals surface area contributed by atoms with E-state index in [-0.39, 0.29) is 18.4 Å². The lowest BCUT2D eigenvalue weighted by Crippen LogP contribution is -2.39. The lowest BCUT2D eigenvalue weighted by Gasteiger charge is -2.24. The first kappa shape index (κ1) is 18.5. The Morgan fingerprint density at radius 2 is 2.12 bits per heavy atom. The zero-order valence-corrected chi connectivity index (χ0v) is 15.3. The van der Waals surface area contributed by atoms with Gasteiger partial charge in [-0.1, -0.05) is 37.6 Å². The predicted molar refractivity (Wildman–Crippen MR) is 95.3 cm³/mol. The van der Waals surface area contributed by atoms with E-state index in [2.05, 4.69) is 10.4 Å². The van der Waals surface area contributed by atoms with Gasteiger partial charge in [-0.15, -0.1) is 0 Å². The normalized spacial score (nSPS) is 13.8. The van der Waals surface area contributed by atoms with Crippen molar-refractivity contribution in [1.29, 1.82) is 0 Å². The highest BCUT2D eigenvalue weighted by atomic mass is 35.5. The van der Waals surface area contributed by atoms with E-state index in [1.165, 1.54) is 0 Å². The van der Waals surface area contributed by atoms with E-state index < -0.39 is 5.60 Å². The molecule has 0 aliphatic carbocycles. The second kappa shape index (κ2) is 7.36. The molecule has 2 aromatic rings. The van der Waals surface area contributed by atoms with Crippen LogP contribution in [-0.4, -0.2) is 27.3 Å². The van der Waals surface area contributed by atoms with E-state index in [0.29, 0.717) is 22.8 Å². The maximum Gasteiger partial charge on any atom is 0.269 e. The van der Waals surface area contributed by atoms with Crippen LogP contribution in [-0.2, 0) is 12.1 Å². The molecule has 2 rings (SSSR count). The summed E-state index contributed by atoms with van der Waals surface area (Å²) >= 11 is 5.97. The molecule has 0 aliphatic rings. The van der Waals surface area contributed by atoms with E-state index in [9.17, 15) is 9.90 Å². The zero-order valence-electron chi connectivity index (χ0n) is 14.5. The van der Waals surface area contributed by atoms with Crippen LogP contribution in [0.15, 0.2) is 30.3 Å². The van der Waals surface area contributed by atoms with Gasteiger partial charge < -0.3 is 10.4 Å². The standard InChI is InChI=1S/C18H24ClN3O2/c1-5-22-16(10-15(21-22)12(2)3)17(23)20-11-18(4,24)13-7-6-8-14(19)9-13/h6-10,12,24H,5,11H2,1-4H3,(H,20,23)/t18-/m1/s1. The van der Waals surface area contributed by atoms with Crippen molar-refractivity contribution in [3.63, 3.8) is 0 Å². The summed E-state index contributed by atoms with van der Waals surface area (Å²) in [6.07, 6.45) is 0. The number of nitrogens with zero attached hydrogens (tertiary/aromatic N) is 2. The van der Waals surface area contributed by atoms with Crippen molar-refractivity contribution in [3.05, 3.63) is 52.3 Å². The van der Waals surface area contributed by atoms with Gasteiger partial charge in [-0.05, 0) is 43.5 Å². The Balaban J connectivity index is 2.12. The number of carbonyl (C=O) groups excluding carboxylic acids is 1. The molecule has 0 saturated heterocycles. The molecule has 1 heterocycles. The number of benzene rings is 1. The van der Waals surface area contributed by atoms with Gasteiger partial charge in [-0.25, -0.2) is 0 Å². The first-order valence-electron chi connectivity index (χ1n) is 8.09. The van der Waals surface area contributed by atoms with Gasteiger partial charge >= 0.3 is 0 Å². The molecule has 0 unspecified atom stereocenters. The van der Waals surface area contributed by atoms with Crippen molar-refractivity contribution in [2.75, 3.05) is 6.54 Å². The van der Waals surface area contributed by atoms with Gasteiger partial charge in [0.15, 0.2) is 0 Å². The number of nitrogens with one attached hydrogen (secondary N) is 1. The molecule has 1 aromatic heterocycles. The van der Waals surface area contributed by atoms with Gasteiger partial charge in [-0.2, -0.15) is 5.10 Å². The SMILES string of the molecule is CCn1nc(C(C)C)cc1C(=O)NC[C@@](C)(O)c1cccc(Cl)c1. The Morgan fingerprint density at radius 1 is 1.42 bits per heavy atom. The topological polar surface area (TPSA) is 67.2 Å². The van der Waals surface area contributed by atoms with Crippen LogP contribution in [0, 0.1) is 0 Å². The summed E-state index contributed by atoms with van der Waals surface area (Å²) in [7, 11) is 0. The Labute approximate surface area is 147 Å². The highest BCUT2D eigenvalue weighted by molar-refractivity contribution is 6.30. The number of rotatable bonds is 6. The maximum atomic E-state index is 12.5. The van der Waals surface area contributed by atoms with Gasteiger partial charge in [0.25, 0.3) is 5.91 Å². The average Bonchev–Trinajstić information content (AvgIpc) is 2.97. The summed E-state index contributed by atoms with van der Waals surface area (Å²) in [5.41, 5.74) is 0.826. The van der Waals surface area contributed by atoms with Crippen LogP contribution in [0.4, 0.5) is 0 Å². The fraction of sp³-hybridized carbons (Fsp3) is 0.444. The molecule has 0 spiro atoms. The first-order chi connectivity index (χ1) is 11.2. The molecule has 0 fully saturated rings. The van der Waals surface area contributed by atoms with Crippen molar-refractivity contribution in [3.8, 4) is 0 Å². The van der Waals surface area contributed by atoms with Crippen molar-refractivity contribution < 1.29 is 9.90 Å². The summed E-state index contributed by atoms with van der Waals surface area (Å²) in [5, 5.41) is 18.4. The molecular weight excluding hydrogens is 326 g/mol. The van der Waals surface area contributed by atoms with Crippen LogP contribution in [0.1, 0.15) is 55.4 Å². The van der Waals surface area contributed by atoms with Crippen LogP contribution in [0.5, 0.6) is 0 Å². The highest BCUT2D eigenvalue weighted by Crippen LogP contribution is 2.23. The van der Waals surface area contributed by atoms with Crippen LogP contribution in [0.2, 0.25) is 5.02 Å². The number of halogens is 1. The second-order valence-corrected chi connectivity index (χ2v) is 6.83. The largest absolute Gasteiger partial charge is 0.384 e. The lowest BCUT2D eigenvalue weighted by atomic mass is 9.96. The van der Waals surface area contributed by atoms with Gasteiger partial charge in [0.2, 0.25) is 0 Å². The van der Waals surface area contributed by atoms with Crippen molar-refractivity contribution in [2.24, 2.45) is 0 Å². The number of hydrogen-bond donors (Lipinski definition) is 2. The molecule has 0 bridgehead atoms. The van der Waals surface area contributed by atoms with E-state index in [1.807, 2.05) is 20.8 Å². The van der Waals surface area contributed by atoms with Crippen LogP contribution < -0.4 is 5.32 Å². The van der Waals surface area contributed by atoms with E-state index in [0.717, 1.165) is 5.69 Å². The van der Waals surface area contributed by atoms with Gasteiger partial charge in [0, 0.05) is 11.6 Å². The number of aromatic nitrogens is 2. The Hall–Kier alpha value is -1.85. The zero-order chi connectivity index (χ0) is 17.9. The van der Waals surface area contributed by atoms with Crippen molar-refractivity contribution >= 4 is 17.5 Å². The molecule has 24 heavy (non-hydrogen) atoms. The van der Waals surface area contributed by atoms with E-state index in [4.69, 9.17) is 11.6 Å². The fourth-order valence-corrected chi connectivity index (χ4v) is 2.60. The minimum absolute atomic E-state index is 0.0814. The van der Waals surface area contributed by atoms with Crippen LogP contribution in [0.3, 0.4) is 0 Å². The molecule has 0 radical (unpaired) electrons. The Kier molecular flexibility index (Phi) is 5.67. The molecule has 1 amide bonds. The van der Waals surface area contributed by atoms with Crippen molar-refractivity contribution in [1.82, 2.24) is 15.1 Å². The molecule has 1 aromatic carbocycles. The monoisotopic (exact) mass is 349 g/mol. The Bertz CT molecular complexity index is 723. The molecular formula is C18H24ClN3O2. The molecule has 130 valence electrons. The predicted octanol–water partition coefficient (Wildman–Crippen LogP) is 3.32. The number of carbonyl (C=O) groups is 1. The van der Waals surface area contributed by atoms with Gasteiger partial charge in [0.05, 0.1) is 12.2 Å². The molecule has 2 N–H and O–H groups in total. The van der Waals surface area contributed by atoms with Crippen LogP contribution >= 0.6 is 11.6 Å². The first-order valence-corrected chi connectivity index (χ1v) is 8.46. The van der Waals surface area contributed by atoms with Gasteiger partial charge in [0.1, 0.15) is 11.3 Å². The highest BCUT2D eigenvalue weighted by Gasteiger charge is 2.25. The quantitative estimate of drug-likeness (QED) is 0.840. The van der Waals surface area contributed by atoms with E-state index in [1.54, 1.807) is 41.9 Å². The molecule has 1 atom stereocenters. The lowest BCUT2D eigenvalue weighted by molar-refractivity contribution is 0.0523. The maximum absolute atomic E-state index is 12.5. The van der Waals surface area contributed by atoms with E-state index >= 15 is 0 Å². The number of hydrogen-bond acceptors (Lipinski definition) is 3. The summed E-state index contributed by atoms with van der Waals surface area (Å²) in [6.45, 7) is 8.35. The summed E-state index contributed by atoms with van der Waals surface area (Å²) < 4.78 is 1.68. The summed E-state index contributed by atoms with van der Waals surface area (Å²) in [6, 6.07) is 8.80. The van der Waals surface area contributed by atoms with Crippen molar-refractivity contribution in [2.45, 2.75) is 45.8 Å². The molecule has 5 nitrogen and oxygen atoms in total. The minimum atomic E-state index is -1.21. The smallest absolute Gasteiger partial charge is 0.269 e.